The first kappa shape index (κ1) is 18.5. The fourth-order valence-corrected chi connectivity index (χ4v) is 5.15. The first-order valence-electron chi connectivity index (χ1n) is 9.23. The van der Waals surface area contributed by atoms with Crippen LogP contribution in [0.3, 0.4) is 0 Å². The van der Waals surface area contributed by atoms with Crippen molar-refractivity contribution in [1.82, 2.24) is 4.90 Å². The fraction of sp³-hybridized carbons (Fsp3) is 0.450. The summed E-state index contributed by atoms with van der Waals surface area (Å²) in [5, 5.41) is 3.50. The van der Waals surface area contributed by atoms with E-state index in [0.29, 0.717) is 22.2 Å². The minimum Gasteiger partial charge on any atom is -0.323 e. The number of carbonyl (C=O) groups excluding carboxylic acids is 3. The number of nitrogens with zero attached hydrogens (tertiary/aromatic N) is 1. The van der Waals surface area contributed by atoms with Gasteiger partial charge in [-0.15, -0.1) is 0 Å². The molecule has 2 bridgehead atoms. The van der Waals surface area contributed by atoms with Gasteiger partial charge < -0.3 is 5.32 Å². The van der Waals surface area contributed by atoms with E-state index in [-0.39, 0.29) is 35.5 Å². The molecule has 1 aliphatic heterocycles. The zero-order chi connectivity index (χ0) is 19.3. The molecule has 142 valence electrons. The molecule has 1 N–H and O–H groups in total. The third kappa shape index (κ3) is 2.97. The lowest BCUT2D eigenvalue weighted by molar-refractivity contribution is -0.146. The number of fused-ring (bicyclic) bond motifs is 1. The van der Waals surface area contributed by atoms with Gasteiger partial charge in [-0.1, -0.05) is 42.3 Å². The van der Waals surface area contributed by atoms with E-state index in [1.54, 1.807) is 19.1 Å². The fourth-order valence-electron chi connectivity index (χ4n) is 4.70. The van der Waals surface area contributed by atoms with Gasteiger partial charge in [-0.3, -0.25) is 19.3 Å². The quantitative estimate of drug-likeness (QED) is 0.608. The highest BCUT2D eigenvalue weighted by Crippen LogP contribution is 2.50. The van der Waals surface area contributed by atoms with Crippen LogP contribution in [0.2, 0.25) is 10.0 Å². The third-order valence-corrected chi connectivity index (χ3v) is 6.53. The molecule has 0 radical (unpaired) electrons. The maximum atomic E-state index is 13.1. The second-order valence-electron chi connectivity index (χ2n) is 7.43. The lowest BCUT2D eigenvalue weighted by atomic mass is 9.63. The smallest absolute Gasteiger partial charge is 0.247 e. The summed E-state index contributed by atoms with van der Waals surface area (Å²) in [6.07, 6.45) is 6.34. The van der Waals surface area contributed by atoms with Gasteiger partial charge in [-0.25, -0.2) is 0 Å². The Balaban J connectivity index is 1.58. The second kappa shape index (κ2) is 6.95. The van der Waals surface area contributed by atoms with E-state index in [1.165, 1.54) is 11.0 Å². The summed E-state index contributed by atoms with van der Waals surface area (Å²) < 4.78 is 0. The van der Waals surface area contributed by atoms with Crippen LogP contribution < -0.4 is 5.32 Å². The first-order valence-corrected chi connectivity index (χ1v) is 9.99. The minimum absolute atomic E-state index is 0.104. The molecule has 3 amide bonds. The van der Waals surface area contributed by atoms with Crippen LogP contribution in [0.5, 0.6) is 0 Å². The van der Waals surface area contributed by atoms with Crippen molar-refractivity contribution in [2.45, 2.75) is 32.2 Å². The molecule has 5 rings (SSSR count). The first-order chi connectivity index (χ1) is 12.9. The van der Waals surface area contributed by atoms with Crippen LogP contribution in [0.15, 0.2) is 30.4 Å². The highest BCUT2D eigenvalue weighted by atomic mass is 35.5. The standard InChI is InChI=1S/C20H20Cl2N2O3/c1-2-15(18(25)23-14-8-7-12(21)9-13(14)22)24-19(26)16-10-3-4-11(6-5-10)17(16)20(24)27/h3-4,7-11,15-17H,2,5-6H2,1H3,(H,23,25). The molecule has 5 nitrogen and oxygen atoms in total. The number of amides is 3. The summed E-state index contributed by atoms with van der Waals surface area (Å²) >= 11 is 12.0. The molecule has 27 heavy (non-hydrogen) atoms. The molecule has 5 unspecified atom stereocenters. The van der Waals surface area contributed by atoms with E-state index in [2.05, 4.69) is 17.5 Å². The highest BCUT2D eigenvalue weighted by Gasteiger charge is 2.58. The molecule has 1 saturated carbocycles. The van der Waals surface area contributed by atoms with Crippen molar-refractivity contribution >= 4 is 46.6 Å². The van der Waals surface area contributed by atoms with Crippen LogP contribution in [-0.4, -0.2) is 28.7 Å². The number of halogens is 2. The number of benzene rings is 1. The van der Waals surface area contributed by atoms with Gasteiger partial charge in [-0.2, -0.15) is 0 Å². The normalized spacial score (nSPS) is 29.8. The van der Waals surface area contributed by atoms with Gasteiger partial charge in [0.05, 0.1) is 22.5 Å². The van der Waals surface area contributed by atoms with E-state index in [0.717, 1.165) is 12.8 Å². The van der Waals surface area contributed by atoms with Gasteiger partial charge in [0, 0.05) is 5.02 Å². The predicted octanol–water partition coefficient (Wildman–Crippen LogP) is 3.91. The van der Waals surface area contributed by atoms with Crippen LogP contribution in [0.1, 0.15) is 26.2 Å². The lowest BCUT2D eigenvalue weighted by Crippen LogP contribution is -2.47. The second-order valence-corrected chi connectivity index (χ2v) is 8.27. The van der Waals surface area contributed by atoms with Gasteiger partial charge in [-0.05, 0) is 49.3 Å². The van der Waals surface area contributed by atoms with Crippen LogP contribution in [0, 0.1) is 23.7 Å². The molecular formula is C20H20Cl2N2O3. The number of imide groups is 1. The SMILES string of the molecule is CCC(C(=O)Nc1ccc(Cl)cc1Cl)N1C(=O)C2C3C=CC(CC3)C2C1=O. The Hall–Kier alpha value is -1.85. The number of nitrogens with one attached hydrogen (secondary N) is 1. The zero-order valence-corrected chi connectivity index (χ0v) is 16.3. The molecule has 1 heterocycles. The molecule has 2 fully saturated rings. The number of carbonyl (C=O) groups is 3. The van der Waals surface area contributed by atoms with Crippen LogP contribution >= 0.6 is 23.2 Å². The molecular weight excluding hydrogens is 387 g/mol. The molecule has 0 aromatic heterocycles. The molecule has 7 heteroatoms. The molecule has 3 aliphatic carbocycles. The summed E-state index contributed by atoms with van der Waals surface area (Å²) in [5.41, 5.74) is 0.405. The Bertz CT molecular complexity index is 822. The van der Waals surface area contributed by atoms with Crippen molar-refractivity contribution in [1.29, 1.82) is 0 Å². The monoisotopic (exact) mass is 406 g/mol. The van der Waals surface area contributed by atoms with E-state index < -0.39 is 11.9 Å². The summed E-state index contributed by atoms with van der Waals surface area (Å²) in [4.78, 5) is 40.2. The Kier molecular flexibility index (Phi) is 4.77. The zero-order valence-electron chi connectivity index (χ0n) is 14.8. The molecule has 0 spiro atoms. The van der Waals surface area contributed by atoms with Crippen molar-refractivity contribution in [3.05, 3.63) is 40.4 Å². The Labute approximate surface area is 167 Å². The number of hydrogen-bond donors (Lipinski definition) is 1. The summed E-state index contributed by atoms with van der Waals surface area (Å²) in [6.45, 7) is 1.79. The number of hydrogen-bond acceptors (Lipinski definition) is 3. The van der Waals surface area contributed by atoms with E-state index in [1.807, 2.05) is 0 Å². The van der Waals surface area contributed by atoms with Crippen LogP contribution in [0.25, 0.3) is 0 Å². The molecule has 1 aromatic rings. The number of allylic oxidation sites excluding steroid dienone is 2. The van der Waals surface area contributed by atoms with E-state index in [4.69, 9.17) is 23.2 Å². The number of rotatable bonds is 4. The Morgan fingerprint density at radius 2 is 1.74 bits per heavy atom. The van der Waals surface area contributed by atoms with Gasteiger partial charge >= 0.3 is 0 Å². The molecule has 5 atom stereocenters. The number of likely N-dealkylation sites (tertiary alicyclic amines) is 1. The molecule has 1 aromatic carbocycles. The predicted molar refractivity (Wildman–Crippen MR) is 103 cm³/mol. The van der Waals surface area contributed by atoms with Gasteiger partial charge in [0.15, 0.2) is 0 Å². The maximum Gasteiger partial charge on any atom is 0.247 e. The maximum absolute atomic E-state index is 13.1. The summed E-state index contributed by atoms with van der Waals surface area (Å²) in [7, 11) is 0. The van der Waals surface area contributed by atoms with Crippen LogP contribution in [-0.2, 0) is 14.4 Å². The lowest BCUT2D eigenvalue weighted by Gasteiger charge is -2.38. The Morgan fingerprint density at radius 1 is 1.15 bits per heavy atom. The topological polar surface area (TPSA) is 66.5 Å². The van der Waals surface area contributed by atoms with Crippen molar-refractivity contribution in [3.8, 4) is 0 Å². The van der Waals surface area contributed by atoms with Crippen molar-refractivity contribution in [2.24, 2.45) is 23.7 Å². The van der Waals surface area contributed by atoms with E-state index in [9.17, 15) is 14.4 Å². The summed E-state index contributed by atoms with van der Waals surface area (Å²) in [5.74, 6) is -1.27. The minimum atomic E-state index is -0.846. The largest absolute Gasteiger partial charge is 0.323 e. The third-order valence-electron chi connectivity index (χ3n) is 5.98. The van der Waals surface area contributed by atoms with Crippen molar-refractivity contribution < 1.29 is 14.4 Å². The number of anilines is 1. The van der Waals surface area contributed by atoms with Crippen molar-refractivity contribution in [3.63, 3.8) is 0 Å². The van der Waals surface area contributed by atoms with Crippen molar-refractivity contribution in [2.75, 3.05) is 5.32 Å². The van der Waals surface area contributed by atoms with E-state index >= 15 is 0 Å². The van der Waals surface area contributed by atoms with Gasteiger partial charge in [0.2, 0.25) is 17.7 Å². The average Bonchev–Trinajstić information content (AvgIpc) is 2.93. The molecule has 4 aliphatic rings. The van der Waals surface area contributed by atoms with Gasteiger partial charge in [0.1, 0.15) is 6.04 Å². The highest BCUT2D eigenvalue weighted by molar-refractivity contribution is 6.36. The average molecular weight is 407 g/mol. The Morgan fingerprint density at radius 3 is 2.22 bits per heavy atom. The summed E-state index contributed by atoms with van der Waals surface area (Å²) in [6, 6.07) is 3.91. The van der Waals surface area contributed by atoms with Gasteiger partial charge in [0.25, 0.3) is 0 Å². The van der Waals surface area contributed by atoms with Crippen LogP contribution in [0.4, 0.5) is 5.69 Å². The molecule has 1 saturated heterocycles.